The van der Waals surface area contributed by atoms with E-state index in [1.807, 2.05) is 0 Å². The van der Waals surface area contributed by atoms with Crippen molar-refractivity contribution in [2.75, 3.05) is 13.6 Å². The number of nitrogens with one attached hydrogen (secondary N) is 1. The van der Waals surface area contributed by atoms with Gasteiger partial charge in [0.15, 0.2) is 0 Å². The normalized spacial score (nSPS) is 13.2. The molecule has 0 saturated carbocycles. The van der Waals surface area contributed by atoms with Crippen LogP contribution in [0.3, 0.4) is 0 Å². The molecule has 3 N–H and O–H groups in total. The summed E-state index contributed by atoms with van der Waals surface area (Å²) >= 11 is 0. The van der Waals surface area contributed by atoms with Gasteiger partial charge < -0.3 is 11.1 Å². The molecule has 1 atom stereocenters. The van der Waals surface area contributed by atoms with E-state index in [4.69, 9.17) is 5.73 Å². The number of rotatable bonds is 4. The van der Waals surface area contributed by atoms with Gasteiger partial charge in [0.1, 0.15) is 5.78 Å². The summed E-state index contributed by atoms with van der Waals surface area (Å²) in [6.45, 7) is 2.13. The van der Waals surface area contributed by atoms with Gasteiger partial charge in [0, 0.05) is 0 Å². The van der Waals surface area contributed by atoms with Crippen molar-refractivity contribution in [1.82, 2.24) is 5.32 Å². The molecule has 0 amide bonds. The first-order chi connectivity index (χ1) is 4.22. The van der Waals surface area contributed by atoms with E-state index in [2.05, 4.69) is 5.32 Å². The van der Waals surface area contributed by atoms with Crippen LogP contribution in [0.1, 0.15) is 13.3 Å². The number of Topliss-reactive ketones (excluding diaryl/α,β-unsaturated/α-hetero) is 1. The third kappa shape index (κ3) is 3.21. The molecule has 0 aromatic carbocycles. The van der Waals surface area contributed by atoms with Gasteiger partial charge in [-0.15, -0.1) is 0 Å². The average Bonchev–Trinajstić information content (AvgIpc) is 1.82. The van der Waals surface area contributed by atoms with E-state index >= 15 is 0 Å². The molecule has 9 heavy (non-hydrogen) atoms. The SMILES string of the molecule is CN[C@@H](CCN)C(C)=O. The molecule has 0 heterocycles. The molecule has 0 aromatic heterocycles. The van der Waals surface area contributed by atoms with Crippen molar-refractivity contribution >= 4 is 5.78 Å². The highest BCUT2D eigenvalue weighted by Gasteiger charge is 2.08. The van der Waals surface area contributed by atoms with Gasteiger partial charge in [-0.25, -0.2) is 0 Å². The van der Waals surface area contributed by atoms with E-state index in [0.717, 1.165) is 6.42 Å². The number of carbonyl (C=O) groups excluding carboxylic acids is 1. The summed E-state index contributed by atoms with van der Waals surface area (Å²) in [7, 11) is 1.77. The minimum atomic E-state index is -0.0463. The second kappa shape index (κ2) is 4.47. The highest BCUT2D eigenvalue weighted by atomic mass is 16.1. The van der Waals surface area contributed by atoms with E-state index in [-0.39, 0.29) is 11.8 Å². The fourth-order valence-corrected chi connectivity index (χ4v) is 0.718. The Balaban J connectivity index is 3.54. The monoisotopic (exact) mass is 130 g/mol. The van der Waals surface area contributed by atoms with Gasteiger partial charge in [0.05, 0.1) is 6.04 Å². The number of hydrogen-bond donors (Lipinski definition) is 2. The lowest BCUT2D eigenvalue weighted by Crippen LogP contribution is -2.34. The fraction of sp³-hybridized carbons (Fsp3) is 0.833. The summed E-state index contributed by atoms with van der Waals surface area (Å²) in [5.41, 5.74) is 5.25. The van der Waals surface area contributed by atoms with Gasteiger partial charge >= 0.3 is 0 Å². The zero-order chi connectivity index (χ0) is 7.28. The maximum atomic E-state index is 10.6. The average molecular weight is 130 g/mol. The molecule has 0 fully saturated rings. The molecule has 3 nitrogen and oxygen atoms in total. The van der Waals surface area contributed by atoms with Crippen LogP contribution in [0.5, 0.6) is 0 Å². The molecule has 0 spiro atoms. The van der Waals surface area contributed by atoms with Gasteiger partial charge in [0.25, 0.3) is 0 Å². The van der Waals surface area contributed by atoms with Crippen molar-refractivity contribution in [2.24, 2.45) is 5.73 Å². The smallest absolute Gasteiger partial charge is 0.146 e. The second-order valence-electron chi connectivity index (χ2n) is 2.03. The highest BCUT2D eigenvalue weighted by Crippen LogP contribution is 1.88. The zero-order valence-electron chi connectivity index (χ0n) is 5.98. The number of nitrogens with two attached hydrogens (primary N) is 1. The van der Waals surface area contributed by atoms with Crippen molar-refractivity contribution in [3.05, 3.63) is 0 Å². The van der Waals surface area contributed by atoms with Crippen LogP contribution in [-0.2, 0) is 4.79 Å². The van der Waals surface area contributed by atoms with Crippen molar-refractivity contribution in [3.8, 4) is 0 Å². The molecule has 0 aliphatic carbocycles. The van der Waals surface area contributed by atoms with E-state index in [1.54, 1.807) is 14.0 Å². The first-order valence-corrected chi connectivity index (χ1v) is 3.10. The number of likely N-dealkylation sites (N-methyl/N-ethyl adjacent to an activating group) is 1. The molecule has 0 radical (unpaired) electrons. The zero-order valence-corrected chi connectivity index (χ0v) is 5.98. The quantitative estimate of drug-likeness (QED) is 0.540. The standard InChI is InChI=1S/C6H14N2O/c1-5(9)6(8-2)3-4-7/h6,8H,3-4,7H2,1-2H3/t6-/m0/s1. The Bertz CT molecular complexity index is 93.1. The van der Waals surface area contributed by atoms with Crippen LogP contribution in [0.2, 0.25) is 0 Å². The molecule has 0 aliphatic heterocycles. The van der Waals surface area contributed by atoms with E-state index < -0.39 is 0 Å². The molecule has 0 rings (SSSR count). The Morgan fingerprint density at radius 3 is 2.44 bits per heavy atom. The lowest BCUT2D eigenvalue weighted by atomic mass is 10.1. The van der Waals surface area contributed by atoms with Crippen molar-refractivity contribution < 1.29 is 4.79 Å². The molecular formula is C6H14N2O. The fourth-order valence-electron chi connectivity index (χ4n) is 0.718. The Labute approximate surface area is 55.6 Å². The largest absolute Gasteiger partial charge is 0.330 e. The topological polar surface area (TPSA) is 55.1 Å². The van der Waals surface area contributed by atoms with Crippen LogP contribution >= 0.6 is 0 Å². The molecule has 54 valence electrons. The van der Waals surface area contributed by atoms with Crippen LogP contribution in [0.15, 0.2) is 0 Å². The first-order valence-electron chi connectivity index (χ1n) is 3.10. The van der Waals surface area contributed by atoms with Gasteiger partial charge in [-0.3, -0.25) is 4.79 Å². The molecule has 0 aromatic rings. The van der Waals surface area contributed by atoms with Crippen LogP contribution in [0.4, 0.5) is 0 Å². The summed E-state index contributed by atoms with van der Waals surface area (Å²) in [6.07, 6.45) is 0.728. The van der Waals surface area contributed by atoms with Gasteiger partial charge in [0.2, 0.25) is 0 Å². The number of ketones is 1. The third-order valence-corrected chi connectivity index (χ3v) is 1.29. The van der Waals surface area contributed by atoms with Crippen LogP contribution in [0.25, 0.3) is 0 Å². The first kappa shape index (κ1) is 8.59. The lowest BCUT2D eigenvalue weighted by molar-refractivity contribution is -0.118. The predicted octanol–water partition coefficient (Wildman–Crippen LogP) is -0.488. The Morgan fingerprint density at radius 1 is 1.78 bits per heavy atom. The maximum absolute atomic E-state index is 10.6. The molecule has 0 bridgehead atoms. The summed E-state index contributed by atoms with van der Waals surface area (Å²) in [4.78, 5) is 10.6. The predicted molar refractivity (Wildman–Crippen MR) is 37.2 cm³/mol. The van der Waals surface area contributed by atoms with Crippen molar-refractivity contribution in [2.45, 2.75) is 19.4 Å². The van der Waals surface area contributed by atoms with Gasteiger partial charge in [-0.05, 0) is 26.9 Å². The third-order valence-electron chi connectivity index (χ3n) is 1.29. The van der Waals surface area contributed by atoms with Gasteiger partial charge in [-0.1, -0.05) is 0 Å². The summed E-state index contributed by atoms with van der Waals surface area (Å²) in [6, 6.07) is -0.0463. The van der Waals surface area contributed by atoms with E-state index in [1.165, 1.54) is 0 Å². The molecule has 0 unspecified atom stereocenters. The molecule has 0 aliphatic rings. The lowest BCUT2D eigenvalue weighted by Gasteiger charge is -2.09. The van der Waals surface area contributed by atoms with Crippen LogP contribution in [-0.4, -0.2) is 25.4 Å². The Kier molecular flexibility index (Phi) is 4.26. The number of hydrogen-bond acceptors (Lipinski definition) is 3. The molecular weight excluding hydrogens is 116 g/mol. The van der Waals surface area contributed by atoms with Gasteiger partial charge in [-0.2, -0.15) is 0 Å². The summed E-state index contributed by atoms with van der Waals surface area (Å²) < 4.78 is 0. The van der Waals surface area contributed by atoms with Crippen LogP contribution in [0, 0.1) is 0 Å². The summed E-state index contributed by atoms with van der Waals surface area (Å²) in [5, 5.41) is 2.87. The minimum absolute atomic E-state index is 0.0463. The minimum Gasteiger partial charge on any atom is -0.330 e. The van der Waals surface area contributed by atoms with Crippen molar-refractivity contribution in [1.29, 1.82) is 0 Å². The van der Waals surface area contributed by atoms with Crippen LogP contribution < -0.4 is 11.1 Å². The number of carbonyl (C=O) groups is 1. The second-order valence-corrected chi connectivity index (χ2v) is 2.03. The van der Waals surface area contributed by atoms with E-state index in [0.29, 0.717) is 6.54 Å². The molecule has 0 saturated heterocycles. The molecule has 3 heteroatoms. The van der Waals surface area contributed by atoms with E-state index in [9.17, 15) is 4.79 Å². The Morgan fingerprint density at radius 2 is 2.33 bits per heavy atom. The van der Waals surface area contributed by atoms with Crippen molar-refractivity contribution in [3.63, 3.8) is 0 Å². The highest BCUT2D eigenvalue weighted by molar-refractivity contribution is 5.81. The Hall–Kier alpha value is -0.410. The maximum Gasteiger partial charge on any atom is 0.146 e. The summed E-state index contributed by atoms with van der Waals surface area (Å²) in [5.74, 6) is 0.156.